The number of unbranched alkanes of at least 4 members (excludes halogenated alkanes) is 1. The number of hydroxylamine groups is 4. The first-order valence-corrected chi connectivity index (χ1v) is 20.2. The Hall–Kier alpha value is -6.35. The summed E-state index contributed by atoms with van der Waals surface area (Å²) in [5.41, 5.74) is 16.1. The summed E-state index contributed by atoms with van der Waals surface area (Å²) in [6.07, 6.45) is -8.71. The topological polar surface area (TPSA) is 522 Å². The predicted molar refractivity (Wildman–Crippen MR) is 217 cm³/mol. The van der Waals surface area contributed by atoms with Crippen LogP contribution in [0.15, 0.2) is 4.99 Å². The maximum absolute atomic E-state index is 13.7. The summed E-state index contributed by atoms with van der Waals surface area (Å²) in [5, 5.41) is 102. The fourth-order valence-electron chi connectivity index (χ4n) is 5.87. The van der Waals surface area contributed by atoms with Gasteiger partial charge in [-0.2, -0.15) is 0 Å². The zero-order valence-electron chi connectivity index (χ0n) is 35.6. The first-order chi connectivity index (χ1) is 30.9. The van der Waals surface area contributed by atoms with Crippen molar-refractivity contribution in [2.24, 2.45) is 22.2 Å². The first-order valence-electron chi connectivity index (χ1n) is 20.2. The van der Waals surface area contributed by atoms with E-state index in [0.29, 0.717) is 10.1 Å². The fourth-order valence-corrected chi connectivity index (χ4v) is 5.87. The lowest BCUT2D eigenvalue weighted by molar-refractivity contribution is -0.173. The molecule has 8 amide bonds. The molecule has 0 bridgehead atoms. The van der Waals surface area contributed by atoms with Gasteiger partial charge in [-0.05, 0) is 44.9 Å². The molecule has 0 aliphatic carbocycles. The standard InChI is InChI=1S/C35H60N12O19/c1-15(50)46(65)10-4-7-18(27(55)42-19-8-5-11-47(66)32(19)60)40-29(57)20(14-49)43-31(59)24(26(54)34(63)64)45-28(56)17(6-2-3-9-39-35(37)38)41-30(58)23(25(53)33(61)62)44-22(52)12-21(51)16(36)13-48/h16-21,23-26,48-49,51,53-54,65-66H,2-14,36H2,1H3,(H,40,57)(H,41,58)(H,42,55)(H,43,59)(H,44,52)(H,45,56)(H,61,62)(H,63,64)(H4,37,38,39). The Bertz CT molecular complexity index is 1750. The summed E-state index contributed by atoms with van der Waals surface area (Å²) in [5.74, 6) is -14.5. The third kappa shape index (κ3) is 19.4. The van der Waals surface area contributed by atoms with Crippen molar-refractivity contribution in [3.8, 4) is 0 Å². The number of amides is 8. The van der Waals surface area contributed by atoms with E-state index in [2.05, 4.69) is 15.6 Å². The van der Waals surface area contributed by atoms with Crippen molar-refractivity contribution in [3.63, 3.8) is 0 Å². The number of aliphatic hydroxyl groups is 5. The highest BCUT2D eigenvalue weighted by Gasteiger charge is 2.40. The molecule has 1 rings (SSSR count). The molecule has 1 fully saturated rings. The summed E-state index contributed by atoms with van der Waals surface area (Å²) in [4.78, 5) is 131. The molecule has 1 aliphatic heterocycles. The lowest BCUT2D eigenvalue weighted by Crippen LogP contribution is -2.64. The van der Waals surface area contributed by atoms with Gasteiger partial charge in [-0.1, -0.05) is 0 Å². The van der Waals surface area contributed by atoms with E-state index in [1.807, 2.05) is 21.3 Å². The number of nitrogens with one attached hydrogen (secondary N) is 6. The van der Waals surface area contributed by atoms with Crippen molar-refractivity contribution in [1.82, 2.24) is 42.0 Å². The van der Waals surface area contributed by atoms with Crippen molar-refractivity contribution in [2.45, 2.75) is 119 Å². The second-order valence-electron chi connectivity index (χ2n) is 14.8. The van der Waals surface area contributed by atoms with Gasteiger partial charge in [-0.15, -0.1) is 0 Å². The summed E-state index contributed by atoms with van der Waals surface area (Å²) in [7, 11) is 0. The first kappa shape index (κ1) is 57.7. The van der Waals surface area contributed by atoms with Gasteiger partial charge in [-0.25, -0.2) is 19.7 Å². The molecule has 1 saturated heterocycles. The highest BCUT2D eigenvalue weighted by molar-refractivity contribution is 5.99. The molecule has 1 aliphatic rings. The van der Waals surface area contributed by atoms with Crippen LogP contribution in [0.25, 0.3) is 0 Å². The molecule has 31 heteroatoms. The van der Waals surface area contributed by atoms with Crippen LogP contribution >= 0.6 is 0 Å². The number of carboxylic acids is 2. The lowest BCUT2D eigenvalue weighted by Gasteiger charge is -2.30. The van der Waals surface area contributed by atoms with Gasteiger partial charge in [0.15, 0.2) is 18.2 Å². The number of carbonyl (C=O) groups excluding carboxylic acids is 8. The fraction of sp³-hybridized carbons (Fsp3) is 0.686. The monoisotopic (exact) mass is 952 g/mol. The number of aliphatic imine (C=N–C) groups is 1. The van der Waals surface area contributed by atoms with Gasteiger partial charge in [0.1, 0.15) is 36.3 Å². The van der Waals surface area contributed by atoms with Crippen molar-refractivity contribution in [2.75, 3.05) is 32.8 Å². The molecule has 0 spiro atoms. The van der Waals surface area contributed by atoms with E-state index in [0.717, 1.165) is 6.92 Å². The summed E-state index contributed by atoms with van der Waals surface area (Å²) < 4.78 is 0. The van der Waals surface area contributed by atoms with Crippen molar-refractivity contribution >= 4 is 65.2 Å². The third-order valence-electron chi connectivity index (χ3n) is 9.65. The molecule has 1 heterocycles. The van der Waals surface area contributed by atoms with E-state index >= 15 is 0 Å². The number of piperidine rings is 1. The van der Waals surface area contributed by atoms with Crippen molar-refractivity contribution in [1.29, 1.82) is 0 Å². The zero-order chi connectivity index (χ0) is 50.4. The van der Waals surface area contributed by atoms with Crippen LogP contribution in [0.4, 0.5) is 0 Å². The quantitative estimate of drug-likeness (QED) is 0.0109. The number of hydrogen-bond acceptors (Lipinski definition) is 19. The van der Waals surface area contributed by atoms with Crippen molar-refractivity contribution in [3.05, 3.63) is 0 Å². The van der Waals surface area contributed by atoms with Crippen LogP contribution in [0.2, 0.25) is 0 Å². The van der Waals surface area contributed by atoms with Crippen LogP contribution in [-0.2, 0) is 47.9 Å². The van der Waals surface area contributed by atoms with E-state index in [4.69, 9.17) is 22.3 Å². The molecular formula is C35H60N12O19. The van der Waals surface area contributed by atoms with Gasteiger partial charge in [0, 0.05) is 26.6 Å². The van der Waals surface area contributed by atoms with Crippen LogP contribution in [0.5, 0.6) is 0 Å². The molecule has 66 heavy (non-hydrogen) atoms. The number of carboxylic acid groups (broad SMARTS) is 2. The molecule has 0 aromatic heterocycles. The minimum atomic E-state index is -2.83. The normalized spacial score (nSPS) is 17.7. The Balaban J connectivity index is 3.45. The van der Waals surface area contributed by atoms with Crippen LogP contribution in [0.1, 0.15) is 58.3 Å². The number of hydrogen-bond donors (Lipinski definition) is 18. The summed E-state index contributed by atoms with van der Waals surface area (Å²) in [6, 6.07) is -13.2. The summed E-state index contributed by atoms with van der Waals surface area (Å²) >= 11 is 0. The molecule has 31 nitrogen and oxygen atoms in total. The van der Waals surface area contributed by atoms with E-state index in [1.54, 1.807) is 0 Å². The maximum atomic E-state index is 13.7. The molecule has 10 unspecified atom stereocenters. The molecule has 10 atom stereocenters. The number of carbonyl (C=O) groups is 10. The number of aliphatic hydroxyl groups excluding tert-OH is 5. The van der Waals surface area contributed by atoms with Gasteiger partial charge < -0.3 is 84.8 Å². The lowest BCUT2D eigenvalue weighted by atomic mass is 10.0. The Morgan fingerprint density at radius 2 is 1.27 bits per heavy atom. The Morgan fingerprint density at radius 3 is 1.80 bits per heavy atom. The SMILES string of the molecule is CC(=O)N(O)CCCC(NC(=O)C(CO)NC(=O)C(NC(=O)C(CCCCN=C(N)N)NC(=O)C(NC(=O)CC(O)C(N)CO)C(O)C(=O)O)C(O)C(=O)O)C(=O)NC1CCCN(O)C1=O. The van der Waals surface area contributed by atoms with E-state index < -0.39 is 146 Å². The van der Waals surface area contributed by atoms with Crippen LogP contribution in [-0.4, -0.2) is 215 Å². The molecule has 374 valence electrons. The number of guanidine groups is 1. The highest BCUT2D eigenvalue weighted by Crippen LogP contribution is 2.12. The Labute approximate surface area is 375 Å². The van der Waals surface area contributed by atoms with E-state index in [1.165, 1.54) is 0 Å². The average molecular weight is 953 g/mol. The second-order valence-corrected chi connectivity index (χ2v) is 14.8. The molecule has 0 radical (unpaired) electrons. The minimum Gasteiger partial charge on any atom is -0.479 e. The summed E-state index contributed by atoms with van der Waals surface area (Å²) in [6.45, 7) is -1.45. The third-order valence-corrected chi connectivity index (χ3v) is 9.65. The number of nitrogens with zero attached hydrogens (tertiary/aromatic N) is 3. The molecule has 0 saturated carbocycles. The van der Waals surface area contributed by atoms with Crippen molar-refractivity contribution < 1.29 is 94.1 Å². The molecule has 0 aromatic rings. The predicted octanol–water partition coefficient (Wildman–Crippen LogP) is -9.68. The molecule has 21 N–H and O–H groups in total. The smallest absolute Gasteiger partial charge is 0.335 e. The van der Waals surface area contributed by atoms with E-state index in [9.17, 15) is 89.0 Å². The van der Waals surface area contributed by atoms with Crippen LogP contribution < -0.4 is 49.1 Å². The highest BCUT2D eigenvalue weighted by atomic mass is 16.5. The number of rotatable bonds is 29. The largest absolute Gasteiger partial charge is 0.479 e. The Morgan fingerprint density at radius 1 is 0.758 bits per heavy atom. The van der Waals surface area contributed by atoms with Gasteiger partial charge in [-0.3, -0.25) is 53.8 Å². The van der Waals surface area contributed by atoms with Gasteiger partial charge >= 0.3 is 11.9 Å². The number of nitrogens with two attached hydrogens (primary N) is 3. The van der Waals surface area contributed by atoms with E-state index in [-0.39, 0.29) is 64.1 Å². The second kappa shape index (κ2) is 28.5. The number of aliphatic carboxylic acids is 2. The molecule has 0 aromatic carbocycles. The zero-order valence-corrected chi connectivity index (χ0v) is 35.6. The Kier molecular flexibility index (Phi) is 24.9. The van der Waals surface area contributed by atoms with Crippen LogP contribution in [0, 0.1) is 0 Å². The van der Waals surface area contributed by atoms with Gasteiger partial charge in [0.25, 0.3) is 5.91 Å². The maximum Gasteiger partial charge on any atom is 0.335 e. The van der Waals surface area contributed by atoms with Gasteiger partial charge in [0.05, 0.1) is 31.8 Å². The minimum absolute atomic E-state index is 0.0261. The van der Waals surface area contributed by atoms with Crippen LogP contribution in [0.3, 0.4) is 0 Å². The molecular weight excluding hydrogens is 892 g/mol. The van der Waals surface area contributed by atoms with Gasteiger partial charge in [0.2, 0.25) is 41.4 Å². The average Bonchev–Trinajstić information content (AvgIpc) is 3.25.